The van der Waals surface area contributed by atoms with Crippen molar-refractivity contribution < 1.29 is 14.6 Å². The van der Waals surface area contributed by atoms with Crippen LogP contribution in [-0.2, 0) is 0 Å². The van der Waals surface area contributed by atoms with Crippen LogP contribution in [0.1, 0.15) is 6.42 Å². The van der Waals surface area contributed by atoms with E-state index >= 15 is 0 Å². The van der Waals surface area contributed by atoms with Gasteiger partial charge in [-0.15, -0.1) is 0 Å². The van der Waals surface area contributed by atoms with Gasteiger partial charge in [0.05, 0.1) is 7.11 Å². The van der Waals surface area contributed by atoms with Crippen molar-refractivity contribution in [2.45, 2.75) is 18.6 Å². The smallest absolute Gasteiger partial charge is 0.119 e. The van der Waals surface area contributed by atoms with Gasteiger partial charge in [0.1, 0.15) is 24.2 Å². The van der Waals surface area contributed by atoms with Gasteiger partial charge in [0.25, 0.3) is 0 Å². The monoisotopic (exact) mass is 316 g/mol. The number of ether oxygens (including phenoxy) is 2. The van der Waals surface area contributed by atoms with Gasteiger partial charge in [-0.05, 0) is 42.8 Å². The lowest BCUT2D eigenvalue weighted by atomic mass is 10.1. The zero-order valence-electron chi connectivity index (χ0n) is 13.3. The quantitative estimate of drug-likeness (QED) is 0.661. The summed E-state index contributed by atoms with van der Waals surface area (Å²) in [5.74, 6) is 1.55. The van der Waals surface area contributed by atoms with Gasteiger partial charge in [0, 0.05) is 18.3 Å². The van der Waals surface area contributed by atoms with Crippen LogP contribution in [0.3, 0.4) is 0 Å². The highest BCUT2D eigenvalue weighted by atomic mass is 16.5. The first-order valence-corrected chi connectivity index (χ1v) is 7.68. The summed E-state index contributed by atoms with van der Waals surface area (Å²) in [5.41, 5.74) is 6.99. The maximum Gasteiger partial charge on any atom is 0.119 e. The fraction of sp³-hybridized carbons (Fsp3) is 0.333. The molecule has 0 aromatic heterocycles. The van der Waals surface area contributed by atoms with E-state index in [0.717, 1.165) is 17.2 Å². The number of hydrogen-bond donors (Lipinski definition) is 3. The van der Waals surface area contributed by atoms with E-state index in [0.29, 0.717) is 13.0 Å². The van der Waals surface area contributed by atoms with E-state index in [1.807, 2.05) is 54.6 Å². The number of para-hydroxylation sites is 1. The number of anilines is 1. The minimum absolute atomic E-state index is 0.188. The molecule has 2 atom stereocenters. The molecule has 23 heavy (non-hydrogen) atoms. The van der Waals surface area contributed by atoms with Gasteiger partial charge < -0.3 is 25.6 Å². The standard InChI is InChI=1S/C18H24N2O3/c1-22-15-9-7-14(8-10-15)20-12-11-17(19)18(21)13-23-16-5-3-2-4-6-16/h2-10,17-18,20-21H,11-13,19H2,1H3. The van der Waals surface area contributed by atoms with Crippen molar-refractivity contribution in [1.29, 1.82) is 0 Å². The van der Waals surface area contributed by atoms with Gasteiger partial charge in [-0.3, -0.25) is 0 Å². The molecule has 0 heterocycles. The van der Waals surface area contributed by atoms with E-state index in [-0.39, 0.29) is 12.6 Å². The number of rotatable bonds is 9. The van der Waals surface area contributed by atoms with Crippen molar-refractivity contribution in [3.8, 4) is 11.5 Å². The highest BCUT2D eigenvalue weighted by Gasteiger charge is 2.15. The topological polar surface area (TPSA) is 76.7 Å². The van der Waals surface area contributed by atoms with E-state index in [1.54, 1.807) is 7.11 Å². The van der Waals surface area contributed by atoms with E-state index in [2.05, 4.69) is 5.32 Å². The van der Waals surface area contributed by atoms with Crippen molar-refractivity contribution >= 4 is 5.69 Å². The average molecular weight is 316 g/mol. The molecule has 0 aliphatic carbocycles. The van der Waals surface area contributed by atoms with Gasteiger partial charge in [0.15, 0.2) is 0 Å². The largest absolute Gasteiger partial charge is 0.497 e. The van der Waals surface area contributed by atoms with Crippen molar-refractivity contribution in [2.24, 2.45) is 5.73 Å². The molecule has 0 radical (unpaired) electrons. The number of hydrogen-bond acceptors (Lipinski definition) is 5. The Balaban J connectivity index is 1.67. The molecule has 124 valence electrons. The molecule has 0 saturated carbocycles. The number of nitrogens with two attached hydrogens (primary N) is 1. The van der Waals surface area contributed by atoms with Crippen LogP contribution in [0, 0.1) is 0 Å². The molecule has 4 N–H and O–H groups in total. The van der Waals surface area contributed by atoms with Crippen molar-refractivity contribution in [1.82, 2.24) is 0 Å². The van der Waals surface area contributed by atoms with Crippen LogP contribution in [0.2, 0.25) is 0 Å². The minimum Gasteiger partial charge on any atom is -0.497 e. The molecule has 0 aliphatic heterocycles. The second-order valence-corrected chi connectivity index (χ2v) is 5.30. The molecule has 5 heteroatoms. The molecule has 2 rings (SSSR count). The first-order chi connectivity index (χ1) is 11.2. The summed E-state index contributed by atoms with van der Waals surface area (Å²) < 4.78 is 10.6. The molecule has 0 aliphatic rings. The van der Waals surface area contributed by atoms with Crippen molar-refractivity contribution in [3.05, 3.63) is 54.6 Å². The Morgan fingerprint density at radius 3 is 2.39 bits per heavy atom. The zero-order chi connectivity index (χ0) is 16.5. The molecule has 0 spiro atoms. The lowest BCUT2D eigenvalue weighted by Crippen LogP contribution is -2.40. The highest BCUT2D eigenvalue weighted by Crippen LogP contribution is 2.15. The Morgan fingerprint density at radius 2 is 1.74 bits per heavy atom. The van der Waals surface area contributed by atoms with Crippen LogP contribution in [0.5, 0.6) is 11.5 Å². The summed E-state index contributed by atoms with van der Waals surface area (Å²) in [6.45, 7) is 0.865. The summed E-state index contributed by atoms with van der Waals surface area (Å²) >= 11 is 0. The fourth-order valence-electron chi connectivity index (χ4n) is 2.11. The molecule has 0 fully saturated rings. The molecule has 2 unspecified atom stereocenters. The molecule has 0 amide bonds. The predicted octanol–water partition coefficient (Wildman–Crippen LogP) is 2.26. The number of methoxy groups -OCH3 is 1. The van der Waals surface area contributed by atoms with Gasteiger partial charge in [-0.2, -0.15) is 0 Å². The predicted molar refractivity (Wildman–Crippen MR) is 92.0 cm³/mol. The van der Waals surface area contributed by atoms with Crippen molar-refractivity contribution in [2.75, 3.05) is 25.6 Å². The summed E-state index contributed by atoms with van der Waals surface area (Å²) in [7, 11) is 1.64. The molecule has 2 aromatic carbocycles. The van der Waals surface area contributed by atoms with E-state index in [1.165, 1.54) is 0 Å². The summed E-state index contributed by atoms with van der Waals surface area (Å²) in [5, 5.41) is 13.3. The Labute approximate surface area is 137 Å². The van der Waals surface area contributed by atoms with Crippen molar-refractivity contribution in [3.63, 3.8) is 0 Å². The second-order valence-electron chi connectivity index (χ2n) is 5.30. The summed E-state index contributed by atoms with van der Waals surface area (Å²) in [6.07, 6.45) is -0.0569. The van der Waals surface area contributed by atoms with Gasteiger partial charge in [0.2, 0.25) is 0 Å². The van der Waals surface area contributed by atoms with Gasteiger partial charge in [-0.1, -0.05) is 18.2 Å². The van der Waals surface area contributed by atoms with E-state index in [4.69, 9.17) is 15.2 Å². The van der Waals surface area contributed by atoms with Crippen LogP contribution in [0.4, 0.5) is 5.69 Å². The summed E-state index contributed by atoms with van der Waals surface area (Å²) in [6, 6.07) is 16.7. The number of benzene rings is 2. The molecule has 2 aromatic rings. The van der Waals surface area contributed by atoms with Crippen LogP contribution >= 0.6 is 0 Å². The molecular weight excluding hydrogens is 292 g/mol. The third-order valence-electron chi connectivity index (χ3n) is 3.56. The fourth-order valence-corrected chi connectivity index (χ4v) is 2.11. The second kappa shape index (κ2) is 9.02. The number of nitrogens with one attached hydrogen (secondary N) is 1. The van der Waals surface area contributed by atoms with Gasteiger partial charge in [-0.25, -0.2) is 0 Å². The highest BCUT2D eigenvalue weighted by molar-refractivity contribution is 5.46. The Morgan fingerprint density at radius 1 is 1.04 bits per heavy atom. The molecule has 0 saturated heterocycles. The van der Waals surface area contributed by atoms with Crippen LogP contribution in [0.25, 0.3) is 0 Å². The van der Waals surface area contributed by atoms with E-state index in [9.17, 15) is 5.11 Å². The molecule has 5 nitrogen and oxygen atoms in total. The lowest BCUT2D eigenvalue weighted by molar-refractivity contribution is 0.0836. The number of aliphatic hydroxyl groups excluding tert-OH is 1. The first kappa shape index (κ1) is 17.1. The third-order valence-corrected chi connectivity index (χ3v) is 3.56. The molecule has 0 bridgehead atoms. The lowest BCUT2D eigenvalue weighted by Gasteiger charge is -2.19. The maximum atomic E-state index is 10.1. The Kier molecular flexibility index (Phi) is 6.72. The first-order valence-electron chi connectivity index (χ1n) is 7.68. The Hall–Kier alpha value is -2.24. The SMILES string of the molecule is COc1ccc(NCCC(N)C(O)COc2ccccc2)cc1. The summed E-state index contributed by atoms with van der Waals surface area (Å²) in [4.78, 5) is 0. The minimum atomic E-state index is -0.701. The van der Waals surface area contributed by atoms with E-state index < -0.39 is 6.10 Å². The third kappa shape index (κ3) is 5.81. The average Bonchev–Trinajstić information content (AvgIpc) is 2.61. The number of aliphatic hydroxyl groups is 1. The normalized spacial score (nSPS) is 13.2. The van der Waals surface area contributed by atoms with Crippen LogP contribution in [-0.4, -0.2) is 37.5 Å². The molecular formula is C18H24N2O3. The maximum absolute atomic E-state index is 10.1. The van der Waals surface area contributed by atoms with Crippen LogP contribution < -0.4 is 20.5 Å². The Bertz CT molecular complexity index is 560. The zero-order valence-corrected chi connectivity index (χ0v) is 13.3. The van der Waals surface area contributed by atoms with Gasteiger partial charge >= 0.3 is 0 Å². The van der Waals surface area contributed by atoms with Crippen LogP contribution in [0.15, 0.2) is 54.6 Å².